The third-order valence-electron chi connectivity index (χ3n) is 3.12. The molecule has 0 spiro atoms. The van der Waals surface area contributed by atoms with Gasteiger partial charge in [0.25, 0.3) is 0 Å². The molecule has 1 fully saturated rings. The molecule has 0 radical (unpaired) electrons. The molecule has 0 aromatic carbocycles. The first kappa shape index (κ1) is 14.9. The van der Waals surface area contributed by atoms with E-state index < -0.39 is 5.79 Å². The van der Waals surface area contributed by atoms with E-state index in [2.05, 4.69) is 20.8 Å². The molecule has 17 heavy (non-hydrogen) atoms. The third-order valence-corrected chi connectivity index (χ3v) is 3.12. The molecule has 3 heteroatoms. The van der Waals surface area contributed by atoms with Crippen LogP contribution in [0.1, 0.15) is 60.8 Å². The molecule has 0 aliphatic heterocycles. The van der Waals surface area contributed by atoms with Crippen LogP contribution in [0.5, 0.6) is 0 Å². The van der Waals surface area contributed by atoms with Crippen LogP contribution in [-0.2, 0) is 14.5 Å². The van der Waals surface area contributed by atoms with Gasteiger partial charge in [-0.05, 0) is 38.5 Å². The summed E-state index contributed by atoms with van der Waals surface area (Å²) in [5.74, 6) is -0.00341. The molecule has 1 saturated carbocycles. The van der Waals surface area contributed by atoms with E-state index in [-0.39, 0.29) is 11.0 Å². The van der Waals surface area contributed by atoms with Crippen molar-refractivity contribution in [1.82, 2.24) is 0 Å². The molecule has 0 saturated heterocycles. The van der Waals surface area contributed by atoms with Crippen molar-refractivity contribution in [2.45, 2.75) is 72.2 Å². The summed E-state index contributed by atoms with van der Waals surface area (Å²) in [6, 6.07) is 0. The molecule has 0 heterocycles. The Morgan fingerprint density at radius 2 is 1.71 bits per heavy atom. The zero-order chi connectivity index (χ0) is 13.3. The second kappa shape index (κ2) is 4.87. The maximum atomic E-state index is 5.67. The molecular formula is C14H28O3. The van der Waals surface area contributed by atoms with Gasteiger partial charge in [0.15, 0.2) is 0 Å². The van der Waals surface area contributed by atoms with Crippen LogP contribution in [0, 0.1) is 11.3 Å². The Balaban J connectivity index is 2.73. The first-order valence-corrected chi connectivity index (χ1v) is 6.50. The van der Waals surface area contributed by atoms with Gasteiger partial charge in [0, 0.05) is 20.0 Å². The molecule has 0 bridgehead atoms. The van der Waals surface area contributed by atoms with Crippen molar-refractivity contribution in [1.29, 1.82) is 0 Å². The highest BCUT2D eigenvalue weighted by molar-refractivity contribution is 4.88. The second-order valence-corrected chi connectivity index (χ2v) is 7.25. The van der Waals surface area contributed by atoms with Gasteiger partial charge < -0.3 is 4.74 Å². The number of ether oxygens (including phenoxy) is 1. The standard InChI is InChI=1S/C14H28O3/c1-11-8-13(5,6)10-14(9-11,15-7)17-16-12(2,3)4/h11H,8-10H2,1-7H3. The summed E-state index contributed by atoms with van der Waals surface area (Å²) in [5, 5.41) is 0. The fourth-order valence-electron chi connectivity index (χ4n) is 2.87. The maximum absolute atomic E-state index is 5.67. The number of methoxy groups -OCH3 is 1. The summed E-state index contributed by atoms with van der Waals surface area (Å²) in [6.45, 7) is 12.7. The number of rotatable bonds is 3. The van der Waals surface area contributed by atoms with E-state index in [9.17, 15) is 0 Å². The van der Waals surface area contributed by atoms with Gasteiger partial charge in [-0.2, -0.15) is 0 Å². The lowest BCUT2D eigenvalue weighted by Crippen LogP contribution is -2.47. The number of hydrogen-bond donors (Lipinski definition) is 0. The van der Waals surface area contributed by atoms with Crippen LogP contribution in [-0.4, -0.2) is 18.5 Å². The van der Waals surface area contributed by atoms with Gasteiger partial charge in [-0.25, -0.2) is 9.78 Å². The Kier molecular flexibility index (Phi) is 4.28. The first-order valence-electron chi connectivity index (χ1n) is 6.50. The Hall–Kier alpha value is -0.120. The summed E-state index contributed by atoms with van der Waals surface area (Å²) in [7, 11) is 1.71. The highest BCUT2D eigenvalue weighted by Gasteiger charge is 2.45. The van der Waals surface area contributed by atoms with E-state index in [1.165, 1.54) is 6.42 Å². The topological polar surface area (TPSA) is 27.7 Å². The second-order valence-electron chi connectivity index (χ2n) is 7.25. The van der Waals surface area contributed by atoms with Crippen molar-refractivity contribution < 1.29 is 14.5 Å². The zero-order valence-corrected chi connectivity index (χ0v) is 12.4. The molecule has 0 aromatic heterocycles. The molecule has 102 valence electrons. The van der Waals surface area contributed by atoms with E-state index >= 15 is 0 Å². The quantitative estimate of drug-likeness (QED) is 0.428. The Morgan fingerprint density at radius 1 is 1.12 bits per heavy atom. The normalized spacial score (nSPS) is 33.7. The van der Waals surface area contributed by atoms with Gasteiger partial charge in [-0.15, -0.1) is 0 Å². The summed E-state index contributed by atoms with van der Waals surface area (Å²) in [6.07, 6.45) is 2.97. The van der Waals surface area contributed by atoms with Gasteiger partial charge in [0.2, 0.25) is 5.79 Å². The van der Waals surface area contributed by atoms with Crippen molar-refractivity contribution in [2.75, 3.05) is 7.11 Å². The van der Waals surface area contributed by atoms with E-state index in [1.807, 2.05) is 20.8 Å². The average Bonchev–Trinajstić information content (AvgIpc) is 2.10. The fraction of sp³-hybridized carbons (Fsp3) is 1.00. The van der Waals surface area contributed by atoms with Gasteiger partial charge in [0.05, 0.1) is 5.60 Å². The lowest BCUT2D eigenvalue weighted by Gasteiger charge is -2.45. The van der Waals surface area contributed by atoms with Crippen molar-refractivity contribution in [3.8, 4) is 0 Å². The van der Waals surface area contributed by atoms with Crippen molar-refractivity contribution in [2.24, 2.45) is 11.3 Å². The summed E-state index contributed by atoms with van der Waals surface area (Å²) >= 11 is 0. The van der Waals surface area contributed by atoms with Crippen molar-refractivity contribution >= 4 is 0 Å². The lowest BCUT2D eigenvalue weighted by atomic mass is 9.70. The SMILES string of the molecule is COC1(OOC(C)(C)C)CC(C)CC(C)(C)C1. The summed E-state index contributed by atoms with van der Waals surface area (Å²) in [5.41, 5.74) is -0.0781. The van der Waals surface area contributed by atoms with Crippen LogP contribution >= 0.6 is 0 Å². The largest absolute Gasteiger partial charge is 0.351 e. The van der Waals surface area contributed by atoms with Crippen LogP contribution in [0.2, 0.25) is 0 Å². The van der Waals surface area contributed by atoms with Crippen LogP contribution in [0.3, 0.4) is 0 Å². The molecule has 0 aromatic rings. The van der Waals surface area contributed by atoms with Gasteiger partial charge in [-0.1, -0.05) is 20.8 Å². The molecular weight excluding hydrogens is 216 g/mol. The predicted octanol–water partition coefficient (Wildman–Crippen LogP) is 3.92. The highest BCUT2D eigenvalue weighted by Crippen LogP contribution is 2.46. The van der Waals surface area contributed by atoms with E-state index in [1.54, 1.807) is 7.11 Å². The monoisotopic (exact) mass is 244 g/mol. The smallest absolute Gasteiger partial charge is 0.202 e. The van der Waals surface area contributed by atoms with E-state index in [4.69, 9.17) is 14.5 Å². The minimum absolute atomic E-state index is 0.231. The molecule has 1 rings (SSSR count). The minimum atomic E-state index is -0.589. The molecule has 1 aliphatic rings. The highest BCUT2D eigenvalue weighted by atomic mass is 17.2. The Labute approximate surface area is 106 Å². The number of hydrogen-bond acceptors (Lipinski definition) is 3. The van der Waals surface area contributed by atoms with Gasteiger partial charge in [-0.3, -0.25) is 0 Å². The first-order chi connectivity index (χ1) is 7.58. The van der Waals surface area contributed by atoms with Crippen LogP contribution in [0.15, 0.2) is 0 Å². The average molecular weight is 244 g/mol. The summed E-state index contributed by atoms with van der Waals surface area (Å²) in [4.78, 5) is 11.1. The van der Waals surface area contributed by atoms with Crippen LogP contribution < -0.4 is 0 Å². The van der Waals surface area contributed by atoms with Gasteiger partial charge in [0.1, 0.15) is 0 Å². The molecule has 2 atom stereocenters. The minimum Gasteiger partial charge on any atom is -0.351 e. The zero-order valence-electron chi connectivity index (χ0n) is 12.4. The van der Waals surface area contributed by atoms with Crippen molar-refractivity contribution in [3.63, 3.8) is 0 Å². The Morgan fingerprint density at radius 3 is 2.12 bits per heavy atom. The third kappa shape index (κ3) is 4.57. The fourth-order valence-corrected chi connectivity index (χ4v) is 2.87. The molecule has 0 amide bonds. The predicted molar refractivity (Wildman–Crippen MR) is 68.5 cm³/mol. The molecule has 0 N–H and O–H groups in total. The molecule has 3 nitrogen and oxygen atoms in total. The van der Waals surface area contributed by atoms with E-state index in [0.717, 1.165) is 12.8 Å². The van der Waals surface area contributed by atoms with Gasteiger partial charge >= 0.3 is 0 Å². The van der Waals surface area contributed by atoms with Crippen molar-refractivity contribution in [3.05, 3.63) is 0 Å². The molecule has 2 unspecified atom stereocenters. The van der Waals surface area contributed by atoms with Crippen LogP contribution in [0.4, 0.5) is 0 Å². The maximum Gasteiger partial charge on any atom is 0.202 e. The van der Waals surface area contributed by atoms with E-state index in [0.29, 0.717) is 5.92 Å². The lowest BCUT2D eigenvalue weighted by molar-refractivity contribution is -0.468. The summed E-state index contributed by atoms with van der Waals surface area (Å²) < 4.78 is 5.63. The Bertz CT molecular complexity index is 255. The van der Waals surface area contributed by atoms with Crippen LogP contribution in [0.25, 0.3) is 0 Å². The molecule has 1 aliphatic carbocycles.